The van der Waals surface area contributed by atoms with Crippen LogP contribution in [-0.4, -0.2) is 44.0 Å². The number of hydrogen-bond donors (Lipinski definition) is 1. The van der Waals surface area contributed by atoms with Crippen LogP contribution in [0.2, 0.25) is 0 Å². The first-order chi connectivity index (χ1) is 12.1. The second-order valence-corrected chi connectivity index (χ2v) is 9.02. The predicted molar refractivity (Wildman–Crippen MR) is 96.1 cm³/mol. The van der Waals surface area contributed by atoms with Gasteiger partial charge < -0.3 is 4.74 Å². The van der Waals surface area contributed by atoms with Gasteiger partial charge in [0.1, 0.15) is 0 Å². The number of anilines is 1. The number of nitrogens with one attached hydrogen (secondary N) is 1. The highest BCUT2D eigenvalue weighted by Gasteiger charge is 2.25. The van der Waals surface area contributed by atoms with Crippen LogP contribution >= 0.6 is 0 Å². The minimum absolute atomic E-state index is 0.0587. The number of esters is 1. The van der Waals surface area contributed by atoms with E-state index in [0.29, 0.717) is 0 Å². The minimum atomic E-state index is -4.01. The van der Waals surface area contributed by atoms with Gasteiger partial charge in [-0.3, -0.25) is 4.31 Å². The number of benzene rings is 2. The number of methoxy groups -OCH3 is 1. The molecule has 0 aromatic heterocycles. The summed E-state index contributed by atoms with van der Waals surface area (Å²) in [5, 5.41) is 0. The van der Waals surface area contributed by atoms with Crippen LogP contribution < -0.4 is 9.03 Å². The molecule has 0 aliphatic heterocycles. The van der Waals surface area contributed by atoms with Crippen molar-refractivity contribution in [2.24, 2.45) is 0 Å². The number of carbonyl (C=O) groups excluding carboxylic acids is 1. The van der Waals surface area contributed by atoms with Gasteiger partial charge in [-0.05, 0) is 43.4 Å². The van der Waals surface area contributed by atoms with E-state index in [1.54, 1.807) is 12.1 Å². The number of nitrogens with zero attached hydrogens (tertiary/aromatic N) is 1. The third-order valence-electron chi connectivity index (χ3n) is 3.71. The van der Waals surface area contributed by atoms with Crippen molar-refractivity contribution < 1.29 is 26.4 Å². The largest absolute Gasteiger partial charge is 0.465 e. The van der Waals surface area contributed by atoms with E-state index in [0.717, 1.165) is 4.31 Å². The lowest BCUT2D eigenvalue weighted by molar-refractivity contribution is 0.0601. The first kappa shape index (κ1) is 19.9. The molecule has 0 saturated carbocycles. The van der Waals surface area contributed by atoms with Crippen LogP contribution in [0.25, 0.3) is 0 Å². The van der Waals surface area contributed by atoms with Gasteiger partial charge in [-0.25, -0.2) is 26.4 Å². The van der Waals surface area contributed by atoms with Crippen molar-refractivity contribution >= 4 is 31.7 Å². The number of sulfonamides is 2. The average Bonchev–Trinajstić information content (AvgIpc) is 2.66. The van der Waals surface area contributed by atoms with Crippen LogP contribution in [0.5, 0.6) is 0 Å². The summed E-state index contributed by atoms with van der Waals surface area (Å²) in [6.07, 6.45) is 0. The van der Waals surface area contributed by atoms with Crippen molar-refractivity contribution in [3.63, 3.8) is 0 Å². The number of rotatable bonds is 6. The Labute approximate surface area is 152 Å². The normalized spacial score (nSPS) is 11.8. The molecule has 0 spiro atoms. The van der Waals surface area contributed by atoms with Gasteiger partial charge in [0, 0.05) is 7.05 Å². The van der Waals surface area contributed by atoms with Gasteiger partial charge in [0.05, 0.1) is 28.2 Å². The highest BCUT2D eigenvalue weighted by molar-refractivity contribution is 7.92. The molecule has 0 heterocycles. The van der Waals surface area contributed by atoms with Crippen LogP contribution in [0.1, 0.15) is 10.4 Å². The molecule has 0 aliphatic rings. The summed E-state index contributed by atoms with van der Waals surface area (Å²) in [5.41, 5.74) is 0.238. The Bertz CT molecular complexity index is 1010. The molecule has 0 amide bonds. The smallest absolute Gasteiger partial charge is 0.340 e. The monoisotopic (exact) mass is 398 g/mol. The molecule has 0 aliphatic carbocycles. The van der Waals surface area contributed by atoms with E-state index < -0.39 is 26.0 Å². The summed E-state index contributed by atoms with van der Waals surface area (Å²) in [4.78, 5) is 11.7. The highest BCUT2D eigenvalue weighted by Crippen LogP contribution is 2.26. The van der Waals surface area contributed by atoms with Crippen molar-refractivity contribution in [2.75, 3.05) is 25.5 Å². The van der Waals surface area contributed by atoms with Gasteiger partial charge in [-0.15, -0.1) is 0 Å². The summed E-state index contributed by atoms with van der Waals surface area (Å²) < 4.78 is 56.9. The van der Waals surface area contributed by atoms with Crippen LogP contribution in [0.4, 0.5) is 5.69 Å². The average molecular weight is 398 g/mol. The Kier molecular flexibility index (Phi) is 5.69. The van der Waals surface area contributed by atoms with Crippen molar-refractivity contribution in [1.82, 2.24) is 4.72 Å². The Hall–Kier alpha value is -2.43. The summed E-state index contributed by atoms with van der Waals surface area (Å²) >= 11 is 0. The van der Waals surface area contributed by atoms with Crippen LogP contribution in [-0.2, 0) is 24.8 Å². The predicted octanol–water partition coefficient (Wildman–Crippen LogP) is 1.21. The first-order valence-corrected chi connectivity index (χ1v) is 10.3. The lowest BCUT2D eigenvalue weighted by Crippen LogP contribution is -2.28. The number of ether oxygens (including phenoxy) is 1. The van der Waals surface area contributed by atoms with Crippen molar-refractivity contribution in [3.05, 3.63) is 54.1 Å². The molecule has 0 bridgehead atoms. The van der Waals surface area contributed by atoms with E-state index >= 15 is 0 Å². The summed E-state index contributed by atoms with van der Waals surface area (Å²) in [7, 11) is -3.92. The molecule has 0 fully saturated rings. The van der Waals surface area contributed by atoms with E-state index in [4.69, 9.17) is 0 Å². The quantitative estimate of drug-likeness (QED) is 0.733. The lowest BCUT2D eigenvalue weighted by Gasteiger charge is -2.21. The second kappa shape index (κ2) is 7.44. The van der Waals surface area contributed by atoms with Crippen molar-refractivity contribution in [2.45, 2.75) is 9.79 Å². The van der Waals surface area contributed by atoms with Crippen LogP contribution in [0.15, 0.2) is 58.3 Å². The van der Waals surface area contributed by atoms with Crippen molar-refractivity contribution in [1.29, 1.82) is 0 Å². The van der Waals surface area contributed by atoms with Gasteiger partial charge in [0.25, 0.3) is 10.0 Å². The lowest BCUT2D eigenvalue weighted by atomic mass is 10.2. The Balaban J connectivity index is 2.47. The summed E-state index contributed by atoms with van der Waals surface area (Å²) in [5.74, 6) is -0.668. The Morgan fingerprint density at radius 2 is 1.50 bits per heavy atom. The molecule has 26 heavy (non-hydrogen) atoms. The van der Waals surface area contributed by atoms with Gasteiger partial charge in [-0.1, -0.05) is 12.1 Å². The molecule has 140 valence electrons. The fourth-order valence-electron chi connectivity index (χ4n) is 2.23. The molecule has 0 saturated heterocycles. The minimum Gasteiger partial charge on any atom is -0.465 e. The molecular formula is C16H18N2O6S2. The Morgan fingerprint density at radius 3 is 2.04 bits per heavy atom. The van der Waals surface area contributed by atoms with E-state index in [2.05, 4.69) is 9.46 Å². The van der Waals surface area contributed by atoms with E-state index in [1.165, 1.54) is 57.6 Å². The summed E-state index contributed by atoms with van der Waals surface area (Å²) in [6.45, 7) is 0. The van der Waals surface area contributed by atoms with Gasteiger partial charge in [0.2, 0.25) is 10.0 Å². The molecule has 2 aromatic carbocycles. The number of carbonyl (C=O) groups is 1. The second-order valence-electron chi connectivity index (χ2n) is 5.16. The molecular weight excluding hydrogens is 380 g/mol. The van der Waals surface area contributed by atoms with Gasteiger partial charge in [0.15, 0.2) is 0 Å². The molecule has 0 unspecified atom stereocenters. The zero-order valence-corrected chi connectivity index (χ0v) is 16.0. The maximum Gasteiger partial charge on any atom is 0.340 e. The zero-order chi connectivity index (χ0) is 19.5. The Morgan fingerprint density at radius 1 is 0.962 bits per heavy atom. The molecule has 1 N–H and O–H groups in total. The molecule has 2 rings (SSSR count). The number of para-hydroxylation sites is 1. The fraction of sp³-hybridized carbons (Fsp3) is 0.188. The molecule has 0 radical (unpaired) electrons. The summed E-state index contributed by atoms with van der Waals surface area (Å²) in [6, 6.07) is 10.9. The third kappa shape index (κ3) is 3.71. The van der Waals surface area contributed by atoms with Crippen LogP contribution in [0.3, 0.4) is 0 Å². The molecule has 8 nitrogen and oxygen atoms in total. The van der Waals surface area contributed by atoms with Crippen molar-refractivity contribution in [3.8, 4) is 0 Å². The molecule has 2 aromatic rings. The zero-order valence-electron chi connectivity index (χ0n) is 14.3. The highest BCUT2D eigenvalue weighted by atomic mass is 32.2. The topological polar surface area (TPSA) is 110 Å². The van der Waals surface area contributed by atoms with Gasteiger partial charge >= 0.3 is 5.97 Å². The van der Waals surface area contributed by atoms with E-state index in [9.17, 15) is 21.6 Å². The van der Waals surface area contributed by atoms with E-state index in [1.807, 2.05) is 0 Å². The van der Waals surface area contributed by atoms with E-state index in [-0.39, 0.29) is 21.0 Å². The number of hydrogen-bond acceptors (Lipinski definition) is 6. The molecule has 0 atom stereocenters. The fourth-order valence-corrected chi connectivity index (χ4v) is 4.17. The third-order valence-corrected chi connectivity index (χ3v) is 6.93. The first-order valence-electron chi connectivity index (χ1n) is 7.35. The molecule has 10 heteroatoms. The standard InChI is InChI=1S/C16H18N2O6S2/c1-17-25(20,21)12-8-10-13(11-9-12)26(22,23)18(2)15-7-5-4-6-14(15)16(19)24-3/h4-11,17H,1-3H3. The van der Waals surface area contributed by atoms with Gasteiger partial charge in [-0.2, -0.15) is 0 Å². The maximum atomic E-state index is 12.8. The SMILES string of the molecule is CNS(=O)(=O)c1ccc(S(=O)(=O)N(C)c2ccccc2C(=O)OC)cc1. The van der Waals surface area contributed by atoms with Crippen LogP contribution in [0, 0.1) is 0 Å². The maximum absolute atomic E-state index is 12.8.